The van der Waals surface area contributed by atoms with Crippen LogP contribution in [0, 0.1) is 0 Å². The van der Waals surface area contributed by atoms with Crippen LogP contribution in [0.5, 0.6) is 0 Å². The monoisotopic (exact) mass is 305 g/mol. The van der Waals surface area contributed by atoms with Gasteiger partial charge in [0.05, 0.1) is 11.2 Å². The number of hydrogen-bond acceptors (Lipinski definition) is 4. The van der Waals surface area contributed by atoms with Crippen molar-refractivity contribution >= 4 is 11.3 Å². The van der Waals surface area contributed by atoms with Crippen molar-refractivity contribution in [3.63, 3.8) is 0 Å². The van der Waals surface area contributed by atoms with Crippen molar-refractivity contribution in [1.29, 1.82) is 0 Å². The summed E-state index contributed by atoms with van der Waals surface area (Å²) in [7, 11) is 0. The molecule has 0 aromatic carbocycles. The molecule has 1 aromatic heterocycles. The molecule has 2 aliphatic carbocycles. The first-order chi connectivity index (χ1) is 10.2. The molecule has 2 atom stereocenters. The van der Waals surface area contributed by atoms with E-state index >= 15 is 0 Å². The molecule has 21 heavy (non-hydrogen) atoms. The molecule has 1 saturated heterocycles. The molecule has 1 aromatic rings. The summed E-state index contributed by atoms with van der Waals surface area (Å²) in [5.74, 6) is 0. The van der Waals surface area contributed by atoms with Gasteiger partial charge in [-0.15, -0.1) is 11.3 Å². The minimum Gasteiger partial charge on any atom is -0.304 e. The molecule has 1 aliphatic heterocycles. The zero-order valence-corrected chi connectivity index (χ0v) is 14.1. The van der Waals surface area contributed by atoms with Gasteiger partial charge >= 0.3 is 0 Å². The second kappa shape index (κ2) is 5.32. The van der Waals surface area contributed by atoms with Crippen LogP contribution in [0.25, 0.3) is 0 Å². The first-order valence-corrected chi connectivity index (χ1v) is 9.53. The summed E-state index contributed by atoms with van der Waals surface area (Å²) >= 11 is 2.00. The van der Waals surface area contributed by atoms with Gasteiger partial charge in [0, 0.05) is 23.5 Å². The fourth-order valence-electron chi connectivity index (χ4n) is 4.17. The van der Waals surface area contributed by atoms with Crippen molar-refractivity contribution in [2.75, 3.05) is 13.1 Å². The van der Waals surface area contributed by atoms with Crippen LogP contribution in [0.3, 0.4) is 0 Å². The summed E-state index contributed by atoms with van der Waals surface area (Å²) < 4.78 is 0. The number of aromatic nitrogens is 1. The molecule has 1 saturated carbocycles. The Balaban J connectivity index is 1.63. The Labute approximate surface area is 132 Å². The van der Waals surface area contributed by atoms with Gasteiger partial charge in [0.1, 0.15) is 5.01 Å². The van der Waals surface area contributed by atoms with E-state index in [1.54, 1.807) is 4.88 Å². The molecule has 116 valence electrons. The quantitative estimate of drug-likeness (QED) is 0.906. The van der Waals surface area contributed by atoms with Crippen molar-refractivity contribution in [3.8, 4) is 0 Å². The third kappa shape index (κ3) is 2.45. The number of hydrogen-bond donors (Lipinski definition) is 1. The van der Waals surface area contributed by atoms with E-state index in [0.29, 0.717) is 6.04 Å². The highest BCUT2D eigenvalue weighted by atomic mass is 32.1. The van der Waals surface area contributed by atoms with Crippen molar-refractivity contribution in [3.05, 3.63) is 15.6 Å². The molecule has 2 heterocycles. The summed E-state index contributed by atoms with van der Waals surface area (Å²) in [5, 5.41) is 5.28. The number of likely N-dealkylation sites (tertiary alicyclic amines) is 1. The Morgan fingerprint density at radius 1 is 1.38 bits per heavy atom. The van der Waals surface area contributed by atoms with Crippen LogP contribution in [0.15, 0.2) is 0 Å². The minimum absolute atomic E-state index is 0.132. The van der Waals surface area contributed by atoms with Crippen LogP contribution in [0.4, 0.5) is 0 Å². The number of aryl methyl sites for hydroxylation is 2. The second-order valence-corrected chi connectivity index (χ2v) is 8.29. The van der Waals surface area contributed by atoms with E-state index in [2.05, 4.69) is 24.1 Å². The van der Waals surface area contributed by atoms with Gasteiger partial charge in [-0.1, -0.05) is 6.92 Å². The van der Waals surface area contributed by atoms with Crippen LogP contribution in [0.2, 0.25) is 0 Å². The smallest absolute Gasteiger partial charge is 0.115 e. The van der Waals surface area contributed by atoms with E-state index in [1.165, 1.54) is 62.2 Å². The second-order valence-electron chi connectivity index (χ2n) is 7.21. The molecule has 2 unspecified atom stereocenters. The molecule has 0 spiro atoms. The normalized spacial score (nSPS) is 32.8. The molecule has 4 heteroatoms. The topological polar surface area (TPSA) is 28.2 Å². The van der Waals surface area contributed by atoms with Crippen LogP contribution in [-0.4, -0.2) is 35.1 Å². The standard InChI is InChI=1S/C17H27N3S/c1-3-9-18-17(10-12(2)20(11-17)13-7-8-13)16-19-14-5-4-6-15(14)21-16/h12-13,18H,3-11H2,1-2H3. The Morgan fingerprint density at radius 2 is 2.24 bits per heavy atom. The summed E-state index contributed by atoms with van der Waals surface area (Å²) in [4.78, 5) is 9.39. The highest BCUT2D eigenvalue weighted by molar-refractivity contribution is 7.12. The molecular formula is C17H27N3S. The molecular weight excluding hydrogens is 278 g/mol. The number of nitrogens with one attached hydrogen (secondary N) is 1. The number of thiazole rings is 1. The molecule has 3 aliphatic rings. The highest BCUT2D eigenvalue weighted by Crippen LogP contribution is 2.44. The lowest BCUT2D eigenvalue weighted by Gasteiger charge is -2.29. The number of rotatable bonds is 5. The van der Waals surface area contributed by atoms with Crippen molar-refractivity contribution in [2.24, 2.45) is 0 Å². The molecule has 0 bridgehead atoms. The van der Waals surface area contributed by atoms with Crippen LogP contribution < -0.4 is 5.32 Å². The largest absolute Gasteiger partial charge is 0.304 e. The van der Waals surface area contributed by atoms with E-state index in [0.717, 1.165) is 12.6 Å². The van der Waals surface area contributed by atoms with Gasteiger partial charge < -0.3 is 5.32 Å². The van der Waals surface area contributed by atoms with E-state index in [1.807, 2.05) is 11.3 Å². The molecule has 3 nitrogen and oxygen atoms in total. The van der Waals surface area contributed by atoms with Crippen LogP contribution in [0.1, 0.15) is 61.5 Å². The fourth-order valence-corrected chi connectivity index (χ4v) is 5.48. The van der Waals surface area contributed by atoms with Gasteiger partial charge in [-0.25, -0.2) is 4.98 Å². The van der Waals surface area contributed by atoms with Crippen molar-refractivity contribution in [2.45, 2.75) is 76.4 Å². The zero-order chi connectivity index (χ0) is 14.4. The van der Waals surface area contributed by atoms with Gasteiger partial charge in [-0.3, -0.25) is 4.90 Å². The van der Waals surface area contributed by atoms with E-state index < -0.39 is 0 Å². The van der Waals surface area contributed by atoms with Gasteiger partial charge in [0.25, 0.3) is 0 Å². The minimum atomic E-state index is 0.132. The van der Waals surface area contributed by atoms with E-state index in [9.17, 15) is 0 Å². The average molecular weight is 305 g/mol. The first-order valence-electron chi connectivity index (χ1n) is 8.72. The third-order valence-electron chi connectivity index (χ3n) is 5.40. The Bertz CT molecular complexity index is 501. The molecule has 0 amide bonds. The van der Waals surface area contributed by atoms with Gasteiger partial charge in [-0.2, -0.15) is 0 Å². The van der Waals surface area contributed by atoms with Gasteiger partial charge in [0.15, 0.2) is 0 Å². The SMILES string of the molecule is CCCNC1(c2nc3c(s2)CCC3)CC(C)N(C2CC2)C1. The van der Waals surface area contributed by atoms with Crippen molar-refractivity contribution < 1.29 is 0 Å². The lowest BCUT2D eigenvalue weighted by molar-refractivity contribution is 0.240. The zero-order valence-electron chi connectivity index (χ0n) is 13.3. The number of fused-ring (bicyclic) bond motifs is 1. The van der Waals surface area contributed by atoms with Crippen molar-refractivity contribution in [1.82, 2.24) is 15.2 Å². The summed E-state index contributed by atoms with van der Waals surface area (Å²) in [6.07, 6.45) is 9.02. The van der Waals surface area contributed by atoms with E-state index in [4.69, 9.17) is 4.98 Å². The summed E-state index contributed by atoms with van der Waals surface area (Å²) in [5.41, 5.74) is 1.54. The van der Waals surface area contributed by atoms with Crippen LogP contribution >= 0.6 is 11.3 Å². The lowest BCUT2D eigenvalue weighted by atomic mass is 9.96. The fraction of sp³-hybridized carbons (Fsp3) is 0.824. The molecule has 4 rings (SSSR count). The maximum Gasteiger partial charge on any atom is 0.115 e. The summed E-state index contributed by atoms with van der Waals surface area (Å²) in [6, 6.07) is 1.55. The lowest BCUT2D eigenvalue weighted by Crippen LogP contribution is -2.45. The number of nitrogens with zero attached hydrogens (tertiary/aromatic N) is 2. The molecule has 0 radical (unpaired) electrons. The maximum atomic E-state index is 5.08. The molecule has 2 fully saturated rings. The summed E-state index contributed by atoms with van der Waals surface area (Å²) in [6.45, 7) is 6.95. The average Bonchev–Trinajstić information content (AvgIpc) is 2.92. The predicted molar refractivity (Wildman–Crippen MR) is 87.9 cm³/mol. The maximum absolute atomic E-state index is 5.08. The Kier molecular flexibility index (Phi) is 3.59. The van der Waals surface area contributed by atoms with E-state index in [-0.39, 0.29) is 5.54 Å². The predicted octanol–water partition coefficient (Wildman–Crippen LogP) is 3.08. The van der Waals surface area contributed by atoms with Gasteiger partial charge in [0.2, 0.25) is 0 Å². The first kappa shape index (κ1) is 14.2. The Morgan fingerprint density at radius 3 is 2.95 bits per heavy atom. The third-order valence-corrected chi connectivity index (χ3v) is 6.76. The van der Waals surface area contributed by atoms with Gasteiger partial charge in [-0.05, 0) is 58.4 Å². The van der Waals surface area contributed by atoms with Crippen LogP contribution in [-0.2, 0) is 18.4 Å². The molecule has 1 N–H and O–H groups in total. The Hall–Kier alpha value is -0.450. The highest BCUT2D eigenvalue weighted by Gasteiger charge is 2.49.